The van der Waals surface area contributed by atoms with Gasteiger partial charge in [-0.25, -0.2) is 4.79 Å². The van der Waals surface area contributed by atoms with Crippen molar-refractivity contribution in [2.45, 2.75) is 186 Å². The van der Waals surface area contributed by atoms with Crippen LogP contribution in [0.15, 0.2) is 4.99 Å². The molecule has 0 aliphatic rings. The van der Waals surface area contributed by atoms with Gasteiger partial charge in [-0.15, -0.1) is 0 Å². The third kappa shape index (κ3) is 23.6. The Kier molecular flexibility index (Phi) is 27.4. The molecule has 0 bridgehead atoms. The first-order valence-electron chi connectivity index (χ1n) is 17.4. The van der Waals surface area contributed by atoms with Crippen molar-refractivity contribution in [2.75, 3.05) is 13.2 Å². The van der Waals surface area contributed by atoms with Crippen molar-refractivity contribution >= 4 is 17.7 Å². The molecule has 0 aromatic rings. The number of nitrogens with two attached hydrogens (primary N) is 3. The van der Waals surface area contributed by atoms with Crippen molar-refractivity contribution in [2.24, 2.45) is 22.2 Å². The summed E-state index contributed by atoms with van der Waals surface area (Å²) in [4.78, 5) is 30.1. The minimum atomic E-state index is -1.62. The van der Waals surface area contributed by atoms with E-state index >= 15 is 0 Å². The molecule has 0 saturated heterocycles. The maximum Gasteiger partial charge on any atom is 0.333 e. The zero-order valence-corrected chi connectivity index (χ0v) is 27.2. The molecule has 6 N–H and O–H groups in total. The Morgan fingerprint density at radius 3 is 1.39 bits per heavy atom. The van der Waals surface area contributed by atoms with Crippen LogP contribution in [0.25, 0.3) is 0 Å². The van der Waals surface area contributed by atoms with Crippen LogP contribution >= 0.6 is 0 Å². The van der Waals surface area contributed by atoms with E-state index in [4.69, 9.17) is 21.9 Å². The van der Waals surface area contributed by atoms with Crippen molar-refractivity contribution < 1.29 is 14.3 Å². The highest BCUT2D eigenvalue weighted by Crippen LogP contribution is 2.20. The first kappa shape index (κ1) is 39.4. The molecule has 1 atom stereocenters. The molecule has 7 heteroatoms. The second-order valence-corrected chi connectivity index (χ2v) is 12.1. The summed E-state index contributed by atoms with van der Waals surface area (Å²) in [6.45, 7) is 5.14. The summed E-state index contributed by atoms with van der Waals surface area (Å²) in [7, 11) is 0. The number of carbonyl (C=O) groups is 2. The van der Waals surface area contributed by atoms with E-state index in [1.165, 1.54) is 109 Å². The third-order valence-electron chi connectivity index (χ3n) is 8.12. The Labute approximate surface area is 253 Å². The standard InChI is InChI=1S/C34H68N4O3/c1-3-5-7-9-11-13-15-16-17-18-20-22-24-27-31(39)34(37,28-26-29-38-33(35)36)32(40)41-30-25-23-21-19-14-12-10-8-6-4-2/h3-30,37H2,1-2H3,(H4,35,36,38)/t34-/m1/s1. The number of ether oxygens (including phenoxy) is 1. The van der Waals surface area contributed by atoms with Gasteiger partial charge in [-0.2, -0.15) is 0 Å². The number of rotatable bonds is 31. The van der Waals surface area contributed by atoms with Gasteiger partial charge in [0.2, 0.25) is 0 Å². The van der Waals surface area contributed by atoms with E-state index in [2.05, 4.69) is 18.8 Å². The van der Waals surface area contributed by atoms with Crippen LogP contribution in [-0.2, 0) is 14.3 Å². The number of unbranched alkanes of at least 4 members (excludes halogenated alkanes) is 21. The van der Waals surface area contributed by atoms with Gasteiger partial charge in [0.1, 0.15) is 0 Å². The number of aliphatic imine (C=N–C) groups is 1. The molecule has 0 aliphatic heterocycles. The summed E-state index contributed by atoms with van der Waals surface area (Å²) in [6, 6.07) is 0. The van der Waals surface area contributed by atoms with Crippen LogP contribution in [0, 0.1) is 0 Å². The number of nitrogens with zero attached hydrogens (tertiary/aromatic N) is 1. The molecule has 0 spiro atoms. The van der Waals surface area contributed by atoms with E-state index in [0.29, 0.717) is 26.0 Å². The minimum Gasteiger partial charge on any atom is -0.464 e. The van der Waals surface area contributed by atoms with Crippen molar-refractivity contribution in [1.29, 1.82) is 0 Å². The number of hydrogen-bond donors (Lipinski definition) is 3. The van der Waals surface area contributed by atoms with Gasteiger partial charge in [-0.05, 0) is 25.7 Å². The van der Waals surface area contributed by atoms with Gasteiger partial charge in [0.25, 0.3) is 0 Å². The summed E-state index contributed by atoms with van der Waals surface area (Å²) in [5, 5.41) is 0. The summed E-state index contributed by atoms with van der Waals surface area (Å²) >= 11 is 0. The molecule has 242 valence electrons. The molecule has 0 amide bonds. The van der Waals surface area contributed by atoms with Gasteiger partial charge in [0.15, 0.2) is 17.3 Å². The van der Waals surface area contributed by atoms with E-state index in [1.807, 2.05) is 0 Å². The lowest BCUT2D eigenvalue weighted by Gasteiger charge is -2.26. The number of ketones is 1. The molecule has 0 unspecified atom stereocenters. The van der Waals surface area contributed by atoms with E-state index in [9.17, 15) is 9.59 Å². The van der Waals surface area contributed by atoms with Crippen molar-refractivity contribution in [3.8, 4) is 0 Å². The fourth-order valence-corrected chi connectivity index (χ4v) is 5.33. The average molecular weight is 581 g/mol. The van der Waals surface area contributed by atoms with Gasteiger partial charge >= 0.3 is 5.97 Å². The number of esters is 1. The molecule has 0 radical (unpaired) electrons. The predicted octanol–water partition coefficient (Wildman–Crippen LogP) is 8.25. The lowest BCUT2D eigenvalue weighted by Crippen LogP contribution is -2.56. The van der Waals surface area contributed by atoms with Crippen LogP contribution in [0.1, 0.15) is 181 Å². The molecule has 0 aromatic carbocycles. The lowest BCUT2D eigenvalue weighted by molar-refractivity contribution is -0.154. The predicted molar refractivity (Wildman–Crippen MR) is 175 cm³/mol. The largest absolute Gasteiger partial charge is 0.464 e. The minimum absolute atomic E-state index is 0.00513. The van der Waals surface area contributed by atoms with Gasteiger partial charge < -0.3 is 21.9 Å². The summed E-state index contributed by atoms with van der Waals surface area (Å²) < 4.78 is 5.53. The number of Topliss-reactive ketones (excluding diaryl/α,β-unsaturated/α-hetero) is 1. The number of hydrogen-bond acceptors (Lipinski definition) is 5. The number of guanidine groups is 1. The molecule has 0 saturated carbocycles. The molecule has 0 fully saturated rings. The fraction of sp³-hybridized carbons (Fsp3) is 0.912. The Morgan fingerprint density at radius 1 is 0.585 bits per heavy atom. The van der Waals surface area contributed by atoms with Crippen LogP contribution in [0.5, 0.6) is 0 Å². The molecule has 0 aliphatic carbocycles. The van der Waals surface area contributed by atoms with E-state index in [-0.39, 0.29) is 18.2 Å². The Bertz CT molecular complexity index is 652. The van der Waals surface area contributed by atoms with Crippen molar-refractivity contribution in [3.05, 3.63) is 0 Å². The molecule has 7 nitrogen and oxygen atoms in total. The Hall–Kier alpha value is -1.63. The fourth-order valence-electron chi connectivity index (χ4n) is 5.33. The van der Waals surface area contributed by atoms with Crippen molar-refractivity contribution in [3.63, 3.8) is 0 Å². The van der Waals surface area contributed by atoms with Gasteiger partial charge in [0.05, 0.1) is 6.61 Å². The van der Waals surface area contributed by atoms with E-state index < -0.39 is 11.5 Å². The normalized spacial score (nSPS) is 12.7. The Morgan fingerprint density at radius 2 is 0.976 bits per heavy atom. The first-order chi connectivity index (χ1) is 19.9. The van der Waals surface area contributed by atoms with Gasteiger partial charge in [-0.3, -0.25) is 9.79 Å². The smallest absolute Gasteiger partial charge is 0.333 e. The highest BCUT2D eigenvalue weighted by atomic mass is 16.5. The topological polar surface area (TPSA) is 134 Å². The van der Waals surface area contributed by atoms with Crippen LogP contribution < -0.4 is 17.2 Å². The zero-order chi connectivity index (χ0) is 30.4. The van der Waals surface area contributed by atoms with Crippen molar-refractivity contribution in [1.82, 2.24) is 0 Å². The SMILES string of the molecule is CCCCCCCCCCCCCCCC(=O)[C@](N)(CCCN=C(N)N)C(=O)OCCCCCCCCCCCC. The van der Waals surface area contributed by atoms with Crippen LogP contribution in [0.3, 0.4) is 0 Å². The lowest BCUT2D eigenvalue weighted by atomic mass is 9.86. The summed E-state index contributed by atoms with van der Waals surface area (Å²) in [5.74, 6) is -0.828. The molecule has 0 aromatic heterocycles. The average Bonchev–Trinajstić information content (AvgIpc) is 2.95. The second-order valence-electron chi connectivity index (χ2n) is 12.1. The second kappa shape index (κ2) is 28.5. The maximum absolute atomic E-state index is 13.1. The highest BCUT2D eigenvalue weighted by molar-refractivity contribution is 6.08. The van der Waals surface area contributed by atoms with Gasteiger partial charge in [-0.1, -0.05) is 149 Å². The summed E-state index contributed by atoms with van der Waals surface area (Å²) in [6.07, 6.45) is 29.2. The highest BCUT2D eigenvalue weighted by Gasteiger charge is 2.42. The quantitative estimate of drug-likeness (QED) is 0.0248. The van der Waals surface area contributed by atoms with Crippen LogP contribution in [-0.4, -0.2) is 36.4 Å². The molecule has 0 rings (SSSR count). The van der Waals surface area contributed by atoms with E-state index in [0.717, 1.165) is 38.5 Å². The molecular formula is C34H68N4O3. The third-order valence-corrected chi connectivity index (χ3v) is 8.12. The first-order valence-corrected chi connectivity index (χ1v) is 17.4. The van der Waals surface area contributed by atoms with Crippen LogP contribution in [0.4, 0.5) is 0 Å². The molecule has 41 heavy (non-hydrogen) atoms. The molecule has 0 heterocycles. The molecular weight excluding hydrogens is 512 g/mol. The zero-order valence-electron chi connectivity index (χ0n) is 27.2. The monoisotopic (exact) mass is 581 g/mol. The van der Waals surface area contributed by atoms with Crippen LogP contribution in [0.2, 0.25) is 0 Å². The van der Waals surface area contributed by atoms with Gasteiger partial charge in [0, 0.05) is 13.0 Å². The Balaban J connectivity index is 4.27. The maximum atomic E-state index is 13.1. The summed E-state index contributed by atoms with van der Waals surface area (Å²) in [5.41, 5.74) is 15.7. The number of carbonyl (C=O) groups excluding carboxylic acids is 2. The van der Waals surface area contributed by atoms with E-state index in [1.54, 1.807) is 0 Å².